The summed E-state index contributed by atoms with van der Waals surface area (Å²) in [6, 6.07) is 0. The lowest BCUT2D eigenvalue weighted by Gasteiger charge is -2.06. The fourth-order valence-electron chi connectivity index (χ4n) is 4.24. The summed E-state index contributed by atoms with van der Waals surface area (Å²) in [6.45, 7) is 2.30. The molecule has 0 saturated heterocycles. The minimum absolute atomic E-state index is 0.0643. The van der Waals surface area contributed by atoms with Crippen LogP contribution in [0, 0.1) is 0 Å². The van der Waals surface area contributed by atoms with E-state index in [1.54, 1.807) is 0 Å². The van der Waals surface area contributed by atoms with E-state index in [4.69, 9.17) is 0 Å². The van der Waals surface area contributed by atoms with Gasteiger partial charge < -0.3 is 5.11 Å². The highest BCUT2D eigenvalue weighted by molar-refractivity contribution is 14.1. The molecule has 0 aromatic heterocycles. The van der Waals surface area contributed by atoms with Crippen molar-refractivity contribution in [2.45, 2.75) is 167 Å². The highest BCUT2D eigenvalue weighted by atomic mass is 127. The minimum atomic E-state index is -0.0643. The van der Waals surface area contributed by atoms with Gasteiger partial charge in [0.1, 0.15) is 0 Å². The third-order valence-corrected chi connectivity index (χ3v) is 7.34. The maximum Gasteiger partial charge on any atom is 0.0629 e. The second kappa shape index (κ2) is 26.7. The van der Waals surface area contributed by atoms with Gasteiger partial charge in [0.25, 0.3) is 0 Å². The Balaban J connectivity index is 3.00. The third kappa shape index (κ3) is 26.7. The number of alkyl halides is 1. The molecule has 176 valence electrons. The van der Waals surface area contributed by atoms with E-state index in [-0.39, 0.29) is 6.10 Å². The maximum atomic E-state index is 9.52. The first-order chi connectivity index (χ1) is 14.3. The van der Waals surface area contributed by atoms with Gasteiger partial charge in [0, 0.05) is 4.43 Å². The summed E-state index contributed by atoms with van der Waals surface area (Å²) in [5.41, 5.74) is 0. The van der Waals surface area contributed by atoms with Gasteiger partial charge in [0.05, 0.1) is 6.10 Å². The average Bonchev–Trinajstić information content (AvgIpc) is 2.74. The van der Waals surface area contributed by atoms with Crippen LogP contribution in [0.3, 0.4) is 0 Å². The molecule has 0 aromatic carbocycles. The van der Waals surface area contributed by atoms with Crippen molar-refractivity contribution in [1.29, 1.82) is 0 Å². The summed E-state index contributed by atoms with van der Waals surface area (Å²) in [5, 5.41) is 9.52. The highest BCUT2D eigenvalue weighted by Crippen LogP contribution is 2.15. The van der Waals surface area contributed by atoms with E-state index in [1.165, 1.54) is 148 Å². The van der Waals surface area contributed by atoms with E-state index >= 15 is 0 Å². The summed E-state index contributed by atoms with van der Waals surface area (Å²) in [4.78, 5) is 0. The van der Waals surface area contributed by atoms with E-state index in [2.05, 4.69) is 29.5 Å². The monoisotopic (exact) mass is 522 g/mol. The lowest BCUT2D eigenvalue weighted by Crippen LogP contribution is -2.06. The van der Waals surface area contributed by atoms with Crippen LogP contribution < -0.4 is 0 Å². The Bertz CT molecular complexity index is 282. The van der Waals surface area contributed by atoms with Crippen molar-refractivity contribution in [3.8, 4) is 0 Å². The van der Waals surface area contributed by atoms with Crippen LogP contribution in [0.25, 0.3) is 0 Å². The minimum Gasteiger partial charge on any atom is -0.392 e. The smallest absolute Gasteiger partial charge is 0.0629 e. The van der Waals surface area contributed by atoms with Crippen LogP contribution in [0.1, 0.15) is 161 Å². The zero-order valence-corrected chi connectivity index (χ0v) is 22.2. The Labute approximate surface area is 198 Å². The first-order valence-corrected chi connectivity index (χ1v) is 15.1. The van der Waals surface area contributed by atoms with Crippen molar-refractivity contribution in [3.63, 3.8) is 0 Å². The van der Waals surface area contributed by atoms with Gasteiger partial charge in [-0.05, 0) is 6.42 Å². The molecule has 1 N–H and O–H groups in total. The van der Waals surface area contributed by atoms with Gasteiger partial charge in [-0.15, -0.1) is 0 Å². The molecule has 0 heterocycles. The molecule has 1 atom stereocenters. The zero-order valence-electron chi connectivity index (χ0n) is 20.1. The van der Waals surface area contributed by atoms with E-state index in [9.17, 15) is 5.11 Å². The van der Waals surface area contributed by atoms with Crippen molar-refractivity contribution in [3.05, 3.63) is 0 Å². The first-order valence-electron chi connectivity index (χ1n) is 13.5. The van der Waals surface area contributed by atoms with Crippen molar-refractivity contribution < 1.29 is 5.11 Å². The van der Waals surface area contributed by atoms with Crippen LogP contribution in [0.2, 0.25) is 0 Å². The highest BCUT2D eigenvalue weighted by Gasteiger charge is 2.00. The standard InChI is InChI=1S/C27H55IO/c1-2-3-4-5-6-7-8-9-10-11-12-13-14-15-16-17-18-19-20-21-22-23-24-25-27(29)26-28/h27,29H,2-26H2,1H3/t27-/m1/s1. The van der Waals surface area contributed by atoms with Crippen LogP contribution >= 0.6 is 22.6 Å². The van der Waals surface area contributed by atoms with E-state index in [0.717, 1.165) is 10.8 Å². The molecule has 0 amide bonds. The molecule has 0 aromatic rings. The molecule has 0 bridgehead atoms. The molecule has 0 rings (SSSR count). The first kappa shape index (κ1) is 29.7. The predicted octanol–water partition coefficient (Wildman–Crippen LogP) is 10.2. The Morgan fingerprint density at radius 3 is 0.931 bits per heavy atom. The summed E-state index contributed by atoms with van der Waals surface area (Å²) in [6.07, 6.45) is 34.0. The number of aliphatic hydroxyl groups excluding tert-OH is 1. The Kier molecular flexibility index (Phi) is 27.4. The summed E-state index contributed by atoms with van der Waals surface area (Å²) in [7, 11) is 0. The summed E-state index contributed by atoms with van der Waals surface area (Å²) in [5.74, 6) is 0. The van der Waals surface area contributed by atoms with E-state index in [1.807, 2.05) is 0 Å². The van der Waals surface area contributed by atoms with Crippen molar-refractivity contribution in [2.24, 2.45) is 0 Å². The van der Waals surface area contributed by atoms with E-state index in [0.29, 0.717) is 0 Å². The molecular weight excluding hydrogens is 467 g/mol. The van der Waals surface area contributed by atoms with Crippen LogP contribution in [-0.2, 0) is 0 Å². The quantitative estimate of drug-likeness (QED) is 0.0718. The number of aliphatic hydroxyl groups is 1. The molecule has 0 saturated carbocycles. The van der Waals surface area contributed by atoms with Gasteiger partial charge in [-0.1, -0.05) is 177 Å². The van der Waals surface area contributed by atoms with Crippen LogP contribution in [-0.4, -0.2) is 15.6 Å². The zero-order chi connectivity index (χ0) is 21.3. The molecular formula is C27H55IO. The molecule has 0 aliphatic rings. The third-order valence-electron chi connectivity index (χ3n) is 6.32. The van der Waals surface area contributed by atoms with Crippen LogP contribution in [0.4, 0.5) is 0 Å². The second-order valence-electron chi connectivity index (χ2n) is 9.37. The van der Waals surface area contributed by atoms with Gasteiger partial charge in [-0.2, -0.15) is 0 Å². The Morgan fingerprint density at radius 2 is 0.690 bits per heavy atom. The Morgan fingerprint density at radius 1 is 0.448 bits per heavy atom. The topological polar surface area (TPSA) is 20.2 Å². The molecule has 0 fully saturated rings. The molecule has 29 heavy (non-hydrogen) atoms. The number of halogens is 1. The van der Waals surface area contributed by atoms with Crippen molar-refractivity contribution >= 4 is 22.6 Å². The van der Waals surface area contributed by atoms with Gasteiger partial charge >= 0.3 is 0 Å². The lowest BCUT2D eigenvalue weighted by molar-refractivity contribution is 0.187. The van der Waals surface area contributed by atoms with Gasteiger partial charge in [0.2, 0.25) is 0 Å². The van der Waals surface area contributed by atoms with Gasteiger partial charge in [-0.3, -0.25) is 0 Å². The fraction of sp³-hybridized carbons (Fsp3) is 1.00. The SMILES string of the molecule is CCCCCCCCCCCCCCCCCCCCCCCCC[C@@H](O)CI. The molecule has 0 radical (unpaired) electrons. The molecule has 0 aliphatic carbocycles. The predicted molar refractivity (Wildman–Crippen MR) is 141 cm³/mol. The Hall–Kier alpha value is 0.690. The average molecular weight is 523 g/mol. The largest absolute Gasteiger partial charge is 0.392 e. The fourth-order valence-corrected chi connectivity index (χ4v) is 4.68. The van der Waals surface area contributed by atoms with Crippen molar-refractivity contribution in [2.75, 3.05) is 4.43 Å². The van der Waals surface area contributed by atoms with Gasteiger partial charge in [0.15, 0.2) is 0 Å². The number of unbranched alkanes of at least 4 members (excludes halogenated alkanes) is 22. The molecule has 0 spiro atoms. The molecule has 1 nitrogen and oxygen atoms in total. The second-order valence-corrected chi connectivity index (χ2v) is 10.3. The van der Waals surface area contributed by atoms with Crippen LogP contribution in [0.15, 0.2) is 0 Å². The van der Waals surface area contributed by atoms with E-state index < -0.39 is 0 Å². The van der Waals surface area contributed by atoms with Gasteiger partial charge in [-0.25, -0.2) is 0 Å². The molecule has 2 heteroatoms. The lowest BCUT2D eigenvalue weighted by atomic mass is 10.0. The number of hydrogen-bond donors (Lipinski definition) is 1. The summed E-state index contributed by atoms with van der Waals surface area (Å²) >= 11 is 2.27. The number of rotatable bonds is 25. The number of hydrogen-bond acceptors (Lipinski definition) is 1. The molecule has 0 unspecified atom stereocenters. The summed E-state index contributed by atoms with van der Waals surface area (Å²) < 4.78 is 0.886. The normalized spacial score (nSPS) is 12.5. The van der Waals surface area contributed by atoms with Crippen LogP contribution in [0.5, 0.6) is 0 Å². The molecule has 0 aliphatic heterocycles. The van der Waals surface area contributed by atoms with Crippen molar-refractivity contribution in [1.82, 2.24) is 0 Å². The maximum absolute atomic E-state index is 9.52.